The summed E-state index contributed by atoms with van der Waals surface area (Å²) < 4.78 is 16.9. The molecule has 1 aromatic rings. The number of unbranched alkanes of at least 4 members (excludes halogenated alkanes) is 1. The largest absolute Gasteiger partial charge is 0.508 e. The molecule has 3 atom stereocenters. The van der Waals surface area contributed by atoms with E-state index in [0.29, 0.717) is 11.0 Å². The number of ether oxygens (including phenoxy) is 3. The minimum absolute atomic E-state index is 0.00950. The minimum Gasteiger partial charge on any atom is -0.435 e. The van der Waals surface area contributed by atoms with Crippen LogP contribution in [0.5, 0.6) is 0 Å². The van der Waals surface area contributed by atoms with Crippen molar-refractivity contribution in [1.82, 2.24) is 9.13 Å². The highest BCUT2D eigenvalue weighted by molar-refractivity contribution is 9.11. The molecule has 0 radical (unpaired) electrons. The van der Waals surface area contributed by atoms with E-state index in [0.717, 1.165) is 11.0 Å². The molecule has 0 saturated carbocycles. The number of hydrogen-bond acceptors (Lipinski definition) is 8. The Kier molecular flexibility index (Phi) is 9.00. The standard InChI is InChI=1S/C19H25BrN2O8/c1-3-5-6-15(24)22-17(25)12(7-8-20)10-21(18(22)26)16-9-13(23)14(30-16)11-29-19(27)28-4-2/h7-8,10,13-14,16,23H,3-6,9,11H2,1-2H3/b8-7+/t13-,14+,16+/m0/s1. The third-order valence-electron chi connectivity index (χ3n) is 4.52. The van der Waals surface area contributed by atoms with E-state index in [9.17, 15) is 24.3 Å². The van der Waals surface area contributed by atoms with Gasteiger partial charge in [-0.3, -0.25) is 14.2 Å². The summed E-state index contributed by atoms with van der Waals surface area (Å²) in [5, 5.41) is 10.2. The highest BCUT2D eigenvalue weighted by Crippen LogP contribution is 2.28. The molecule has 0 aromatic carbocycles. The summed E-state index contributed by atoms with van der Waals surface area (Å²) in [6.45, 7) is 3.39. The maximum Gasteiger partial charge on any atom is 0.508 e. The van der Waals surface area contributed by atoms with Crippen molar-refractivity contribution >= 4 is 34.1 Å². The molecule has 0 bridgehead atoms. The zero-order valence-electron chi connectivity index (χ0n) is 16.8. The monoisotopic (exact) mass is 488 g/mol. The van der Waals surface area contributed by atoms with Crippen molar-refractivity contribution in [3.8, 4) is 0 Å². The second-order valence-electron chi connectivity index (χ2n) is 6.63. The summed E-state index contributed by atoms with van der Waals surface area (Å²) in [5.41, 5.74) is -1.48. The molecular weight excluding hydrogens is 464 g/mol. The van der Waals surface area contributed by atoms with Gasteiger partial charge in [0.2, 0.25) is 5.91 Å². The first-order chi connectivity index (χ1) is 14.3. The number of aromatic nitrogens is 2. The van der Waals surface area contributed by atoms with Gasteiger partial charge in [-0.15, -0.1) is 0 Å². The lowest BCUT2D eigenvalue weighted by Crippen LogP contribution is -2.45. The Morgan fingerprint density at radius 3 is 2.70 bits per heavy atom. The van der Waals surface area contributed by atoms with Crippen LogP contribution in [0.15, 0.2) is 20.8 Å². The molecule has 1 fully saturated rings. The highest BCUT2D eigenvalue weighted by atomic mass is 79.9. The molecule has 0 aliphatic carbocycles. The summed E-state index contributed by atoms with van der Waals surface area (Å²) in [5.74, 6) is -0.605. The zero-order chi connectivity index (χ0) is 22.3. The minimum atomic E-state index is -1.03. The molecule has 0 amide bonds. The number of halogens is 1. The smallest absolute Gasteiger partial charge is 0.435 e. The van der Waals surface area contributed by atoms with Gasteiger partial charge in [-0.05, 0) is 24.4 Å². The lowest BCUT2D eigenvalue weighted by Gasteiger charge is -2.18. The van der Waals surface area contributed by atoms with Gasteiger partial charge in [-0.1, -0.05) is 29.3 Å². The molecule has 1 saturated heterocycles. The number of aliphatic hydroxyl groups is 1. The molecule has 11 heteroatoms. The predicted molar refractivity (Wildman–Crippen MR) is 111 cm³/mol. The maximum absolute atomic E-state index is 12.9. The second kappa shape index (κ2) is 11.2. The number of nitrogens with zero attached hydrogens (tertiary/aromatic N) is 2. The van der Waals surface area contributed by atoms with Crippen LogP contribution >= 0.6 is 15.9 Å². The predicted octanol–water partition coefficient (Wildman–Crippen LogP) is 2.03. The molecule has 1 N–H and O–H groups in total. The van der Waals surface area contributed by atoms with E-state index in [2.05, 4.69) is 20.7 Å². The summed E-state index contributed by atoms with van der Waals surface area (Å²) in [6.07, 6.45) is 0.260. The number of aliphatic hydroxyl groups excluding tert-OH is 1. The van der Waals surface area contributed by atoms with Crippen molar-refractivity contribution in [2.45, 2.75) is 58.0 Å². The van der Waals surface area contributed by atoms with Crippen LogP contribution in [0.25, 0.3) is 6.08 Å². The molecule has 10 nitrogen and oxygen atoms in total. The number of carbonyl (C=O) groups is 2. The Labute approximate surface area is 181 Å². The normalized spacial score (nSPS) is 21.1. The third-order valence-corrected chi connectivity index (χ3v) is 4.78. The van der Waals surface area contributed by atoms with Crippen molar-refractivity contribution in [3.63, 3.8) is 0 Å². The van der Waals surface area contributed by atoms with Crippen LogP contribution in [0.1, 0.15) is 56.1 Å². The summed E-state index contributed by atoms with van der Waals surface area (Å²) in [6, 6.07) is 0. The summed E-state index contributed by atoms with van der Waals surface area (Å²) >= 11 is 3.08. The van der Waals surface area contributed by atoms with E-state index in [1.807, 2.05) is 6.92 Å². The van der Waals surface area contributed by atoms with E-state index in [1.165, 1.54) is 17.3 Å². The molecule has 0 unspecified atom stereocenters. The van der Waals surface area contributed by atoms with Gasteiger partial charge in [0.15, 0.2) is 0 Å². The summed E-state index contributed by atoms with van der Waals surface area (Å²) in [4.78, 5) is 50.8. The molecule has 1 aliphatic heterocycles. The van der Waals surface area contributed by atoms with E-state index < -0.39 is 41.7 Å². The Bertz CT molecular complexity index is 907. The Morgan fingerprint density at radius 1 is 1.33 bits per heavy atom. The molecule has 2 heterocycles. The van der Waals surface area contributed by atoms with Gasteiger partial charge < -0.3 is 19.3 Å². The number of carbonyl (C=O) groups excluding carboxylic acids is 2. The first-order valence-electron chi connectivity index (χ1n) is 9.65. The van der Waals surface area contributed by atoms with Crippen molar-refractivity contribution in [2.75, 3.05) is 13.2 Å². The molecule has 166 valence electrons. The lowest BCUT2D eigenvalue weighted by molar-refractivity contribution is -0.0585. The summed E-state index contributed by atoms with van der Waals surface area (Å²) in [7, 11) is 0. The Balaban J connectivity index is 2.33. The van der Waals surface area contributed by atoms with Gasteiger partial charge in [-0.25, -0.2) is 9.59 Å². The first-order valence-corrected chi connectivity index (χ1v) is 10.6. The quantitative estimate of drug-likeness (QED) is 0.550. The maximum atomic E-state index is 12.9. The van der Waals surface area contributed by atoms with Gasteiger partial charge in [0.1, 0.15) is 18.9 Å². The Hall–Kier alpha value is -2.24. The molecule has 2 rings (SSSR count). The van der Waals surface area contributed by atoms with Crippen molar-refractivity contribution < 1.29 is 28.9 Å². The zero-order valence-corrected chi connectivity index (χ0v) is 18.4. The van der Waals surface area contributed by atoms with Crippen molar-refractivity contribution in [1.29, 1.82) is 0 Å². The van der Waals surface area contributed by atoms with Gasteiger partial charge in [0.05, 0.1) is 18.3 Å². The topological polar surface area (TPSA) is 126 Å². The van der Waals surface area contributed by atoms with E-state index in [4.69, 9.17) is 9.47 Å². The fourth-order valence-electron chi connectivity index (χ4n) is 2.99. The number of rotatable bonds is 8. The van der Waals surface area contributed by atoms with Crippen LogP contribution in [0.4, 0.5) is 4.79 Å². The highest BCUT2D eigenvalue weighted by Gasteiger charge is 2.37. The van der Waals surface area contributed by atoms with Crippen LogP contribution in [0, 0.1) is 0 Å². The molecule has 30 heavy (non-hydrogen) atoms. The van der Waals surface area contributed by atoms with Crippen molar-refractivity contribution in [2.24, 2.45) is 0 Å². The van der Waals surface area contributed by atoms with Crippen molar-refractivity contribution in [3.05, 3.63) is 37.6 Å². The van der Waals surface area contributed by atoms with E-state index in [1.54, 1.807) is 6.92 Å². The molecule has 1 aliphatic rings. The van der Waals surface area contributed by atoms with Gasteiger partial charge in [0.25, 0.3) is 5.56 Å². The SMILES string of the molecule is CCCCC(=O)n1c(=O)c(/C=C/Br)cn([C@H]2C[C@H](O)[C@@H](COC(=O)OCC)O2)c1=O. The average Bonchev–Trinajstić information content (AvgIpc) is 3.07. The van der Waals surface area contributed by atoms with Crippen LogP contribution in [0.3, 0.4) is 0 Å². The van der Waals surface area contributed by atoms with Crippen LogP contribution in [-0.4, -0.2) is 51.7 Å². The average molecular weight is 489 g/mol. The van der Waals surface area contributed by atoms with Gasteiger partial charge >= 0.3 is 11.8 Å². The molecular formula is C19H25BrN2O8. The molecule has 0 spiro atoms. The van der Waals surface area contributed by atoms with E-state index in [-0.39, 0.29) is 31.6 Å². The first kappa shape index (κ1) is 24.0. The fourth-order valence-corrected chi connectivity index (χ4v) is 3.27. The Morgan fingerprint density at radius 2 is 2.07 bits per heavy atom. The van der Waals surface area contributed by atoms with Gasteiger partial charge in [0, 0.05) is 19.0 Å². The fraction of sp³-hybridized carbons (Fsp3) is 0.579. The van der Waals surface area contributed by atoms with Crippen LogP contribution < -0.4 is 11.2 Å². The van der Waals surface area contributed by atoms with Gasteiger partial charge in [-0.2, -0.15) is 4.57 Å². The van der Waals surface area contributed by atoms with Crippen LogP contribution in [-0.2, 0) is 14.2 Å². The van der Waals surface area contributed by atoms with E-state index >= 15 is 0 Å². The molecule has 1 aromatic heterocycles. The second-order valence-corrected chi connectivity index (χ2v) is 7.16. The number of hydrogen-bond donors (Lipinski definition) is 1. The van der Waals surface area contributed by atoms with Crippen LogP contribution in [0.2, 0.25) is 0 Å². The lowest BCUT2D eigenvalue weighted by atomic mass is 10.2. The third kappa shape index (κ3) is 5.67.